The maximum absolute atomic E-state index is 14.1. The van der Waals surface area contributed by atoms with Crippen LogP contribution in [0, 0.1) is 5.82 Å². The number of isocyanates is 1. The molecular formula is C15H17BrFNO. The first kappa shape index (κ1) is 14.4. The van der Waals surface area contributed by atoms with E-state index in [2.05, 4.69) is 20.9 Å². The minimum absolute atomic E-state index is 0.0925. The summed E-state index contributed by atoms with van der Waals surface area (Å²) in [4.78, 5) is 14.8. The SMILES string of the molecule is CC(C)c1cc(C2(N=C=O)CCCC2)cc(Br)c1F. The van der Waals surface area contributed by atoms with Crippen molar-refractivity contribution in [2.75, 3.05) is 0 Å². The fourth-order valence-electron chi connectivity index (χ4n) is 2.81. The van der Waals surface area contributed by atoms with E-state index in [4.69, 9.17) is 0 Å². The van der Waals surface area contributed by atoms with Gasteiger partial charge in [-0.2, -0.15) is 4.99 Å². The first-order valence-corrected chi connectivity index (χ1v) is 7.38. The molecule has 102 valence electrons. The fourth-order valence-corrected chi connectivity index (χ4v) is 3.29. The minimum Gasteiger partial charge on any atom is -0.211 e. The van der Waals surface area contributed by atoms with Crippen LogP contribution >= 0.6 is 15.9 Å². The molecule has 0 aromatic heterocycles. The van der Waals surface area contributed by atoms with Crippen LogP contribution in [0.2, 0.25) is 0 Å². The molecule has 0 saturated heterocycles. The molecule has 4 heteroatoms. The summed E-state index contributed by atoms with van der Waals surface area (Å²) in [6.45, 7) is 3.91. The zero-order chi connectivity index (χ0) is 14.0. The lowest BCUT2D eigenvalue weighted by atomic mass is 9.86. The van der Waals surface area contributed by atoms with Crippen LogP contribution < -0.4 is 0 Å². The Morgan fingerprint density at radius 1 is 1.37 bits per heavy atom. The highest BCUT2D eigenvalue weighted by molar-refractivity contribution is 9.10. The van der Waals surface area contributed by atoms with Gasteiger partial charge < -0.3 is 0 Å². The van der Waals surface area contributed by atoms with E-state index in [-0.39, 0.29) is 11.7 Å². The largest absolute Gasteiger partial charge is 0.235 e. The van der Waals surface area contributed by atoms with E-state index in [1.807, 2.05) is 19.9 Å². The molecule has 0 unspecified atom stereocenters. The third-order valence-electron chi connectivity index (χ3n) is 3.91. The van der Waals surface area contributed by atoms with Gasteiger partial charge in [0.2, 0.25) is 6.08 Å². The highest BCUT2D eigenvalue weighted by Gasteiger charge is 2.36. The minimum atomic E-state index is -0.498. The van der Waals surface area contributed by atoms with Crippen LogP contribution in [0.15, 0.2) is 21.6 Å². The van der Waals surface area contributed by atoms with Crippen LogP contribution in [-0.2, 0) is 10.3 Å². The predicted octanol–water partition coefficient (Wildman–Crippen LogP) is 4.82. The smallest absolute Gasteiger partial charge is 0.211 e. The summed E-state index contributed by atoms with van der Waals surface area (Å²) in [6, 6.07) is 3.62. The van der Waals surface area contributed by atoms with Gasteiger partial charge in [0.25, 0.3) is 0 Å². The van der Waals surface area contributed by atoms with E-state index < -0.39 is 5.54 Å². The number of hydrogen-bond donors (Lipinski definition) is 0. The van der Waals surface area contributed by atoms with E-state index in [0.29, 0.717) is 10.0 Å². The molecule has 1 aromatic rings. The first-order chi connectivity index (χ1) is 9.00. The second-order valence-electron chi connectivity index (χ2n) is 5.46. The molecule has 0 spiro atoms. The molecule has 2 nitrogen and oxygen atoms in total. The first-order valence-electron chi connectivity index (χ1n) is 6.58. The maximum Gasteiger partial charge on any atom is 0.235 e. The summed E-state index contributed by atoms with van der Waals surface area (Å²) in [5.74, 6) is -0.128. The number of hydrogen-bond acceptors (Lipinski definition) is 2. The van der Waals surface area contributed by atoms with Gasteiger partial charge in [0.1, 0.15) is 5.82 Å². The molecule has 0 N–H and O–H groups in total. The van der Waals surface area contributed by atoms with Crippen LogP contribution in [-0.4, -0.2) is 6.08 Å². The Hall–Kier alpha value is -0.990. The molecule has 1 saturated carbocycles. The fraction of sp³-hybridized carbons (Fsp3) is 0.533. The summed E-state index contributed by atoms with van der Waals surface area (Å²) in [5.41, 5.74) is 1.09. The number of rotatable bonds is 3. The summed E-state index contributed by atoms with van der Waals surface area (Å²) in [5, 5.41) is 0. The summed E-state index contributed by atoms with van der Waals surface area (Å²) >= 11 is 3.27. The lowest BCUT2D eigenvalue weighted by Gasteiger charge is -2.24. The van der Waals surface area contributed by atoms with Crippen molar-refractivity contribution in [3.05, 3.63) is 33.5 Å². The Bertz CT molecular complexity index is 529. The van der Waals surface area contributed by atoms with E-state index >= 15 is 0 Å². The average molecular weight is 326 g/mol. The Balaban J connectivity index is 2.58. The Morgan fingerprint density at radius 2 is 2.00 bits per heavy atom. The van der Waals surface area contributed by atoms with Crippen molar-refractivity contribution in [2.45, 2.75) is 51.0 Å². The van der Waals surface area contributed by atoms with E-state index in [9.17, 15) is 9.18 Å². The van der Waals surface area contributed by atoms with Crippen molar-refractivity contribution in [3.8, 4) is 0 Å². The van der Waals surface area contributed by atoms with Gasteiger partial charge in [-0.25, -0.2) is 9.18 Å². The van der Waals surface area contributed by atoms with Crippen molar-refractivity contribution in [1.29, 1.82) is 0 Å². The highest BCUT2D eigenvalue weighted by atomic mass is 79.9. The molecule has 0 aliphatic heterocycles. The van der Waals surface area contributed by atoms with Gasteiger partial charge in [0, 0.05) is 0 Å². The molecule has 0 bridgehead atoms. The van der Waals surface area contributed by atoms with Gasteiger partial charge in [-0.3, -0.25) is 0 Å². The Labute approximate surface area is 121 Å². The lowest BCUT2D eigenvalue weighted by Crippen LogP contribution is -2.19. The van der Waals surface area contributed by atoms with Crippen LogP contribution in [0.3, 0.4) is 0 Å². The lowest BCUT2D eigenvalue weighted by molar-refractivity contribution is 0.453. The molecule has 0 atom stereocenters. The van der Waals surface area contributed by atoms with E-state index in [1.54, 1.807) is 12.1 Å². The number of benzene rings is 1. The third-order valence-corrected chi connectivity index (χ3v) is 4.48. The number of aliphatic imine (C=N–C) groups is 1. The summed E-state index contributed by atoms with van der Waals surface area (Å²) in [6.07, 6.45) is 5.44. The second-order valence-corrected chi connectivity index (χ2v) is 6.31. The molecular weight excluding hydrogens is 309 g/mol. The third kappa shape index (κ3) is 2.65. The molecule has 1 aromatic carbocycles. The van der Waals surface area contributed by atoms with Crippen molar-refractivity contribution < 1.29 is 9.18 Å². The summed E-state index contributed by atoms with van der Waals surface area (Å²) in [7, 11) is 0. The van der Waals surface area contributed by atoms with Crippen molar-refractivity contribution in [3.63, 3.8) is 0 Å². The zero-order valence-corrected chi connectivity index (χ0v) is 12.8. The van der Waals surface area contributed by atoms with Gasteiger partial charge >= 0.3 is 0 Å². The van der Waals surface area contributed by atoms with Gasteiger partial charge in [-0.05, 0) is 51.9 Å². The average Bonchev–Trinajstić information content (AvgIpc) is 2.82. The number of halogens is 2. The summed E-state index contributed by atoms with van der Waals surface area (Å²) < 4.78 is 14.5. The molecule has 0 heterocycles. The molecule has 1 fully saturated rings. The number of carbonyl (C=O) groups excluding carboxylic acids is 1. The quantitative estimate of drug-likeness (QED) is 0.578. The van der Waals surface area contributed by atoms with Crippen molar-refractivity contribution in [2.24, 2.45) is 4.99 Å². The van der Waals surface area contributed by atoms with E-state index in [0.717, 1.165) is 31.2 Å². The molecule has 1 aliphatic rings. The van der Waals surface area contributed by atoms with E-state index in [1.165, 1.54) is 0 Å². The normalized spacial score (nSPS) is 17.5. The monoisotopic (exact) mass is 325 g/mol. The molecule has 0 radical (unpaired) electrons. The van der Waals surface area contributed by atoms with Crippen LogP contribution in [0.1, 0.15) is 56.6 Å². The second kappa shape index (κ2) is 5.56. The molecule has 2 rings (SSSR count). The number of nitrogens with zero attached hydrogens (tertiary/aromatic N) is 1. The van der Waals surface area contributed by atoms with Gasteiger partial charge in [-0.15, -0.1) is 0 Å². The standard InChI is InChI=1S/C15H17BrFNO/c1-10(2)12-7-11(8-13(16)14(12)17)15(18-9-19)5-3-4-6-15/h7-8,10H,3-6H2,1-2H3. The maximum atomic E-state index is 14.1. The van der Waals surface area contributed by atoms with Crippen molar-refractivity contribution in [1.82, 2.24) is 0 Å². The topological polar surface area (TPSA) is 29.4 Å². The Kier molecular flexibility index (Phi) is 4.22. The molecule has 19 heavy (non-hydrogen) atoms. The van der Waals surface area contributed by atoms with Gasteiger partial charge in [0.15, 0.2) is 0 Å². The Morgan fingerprint density at radius 3 is 2.53 bits per heavy atom. The zero-order valence-electron chi connectivity index (χ0n) is 11.2. The predicted molar refractivity (Wildman–Crippen MR) is 76.5 cm³/mol. The van der Waals surface area contributed by atoms with Gasteiger partial charge in [0.05, 0.1) is 10.0 Å². The van der Waals surface area contributed by atoms with Crippen LogP contribution in [0.4, 0.5) is 4.39 Å². The van der Waals surface area contributed by atoms with Gasteiger partial charge in [-0.1, -0.05) is 32.8 Å². The molecule has 1 aliphatic carbocycles. The van der Waals surface area contributed by atoms with Crippen molar-refractivity contribution >= 4 is 22.0 Å². The molecule has 0 amide bonds. The van der Waals surface area contributed by atoms with Crippen LogP contribution in [0.25, 0.3) is 0 Å². The highest BCUT2D eigenvalue weighted by Crippen LogP contribution is 2.44. The van der Waals surface area contributed by atoms with Crippen LogP contribution in [0.5, 0.6) is 0 Å².